The normalized spacial score (nSPS) is 13.4. The van der Waals surface area contributed by atoms with E-state index in [0.29, 0.717) is 24.7 Å². The largest absolute Gasteiger partial charge is 0.486 e. The molecule has 3 aromatic rings. The van der Waals surface area contributed by atoms with Crippen molar-refractivity contribution in [2.24, 2.45) is 0 Å². The van der Waals surface area contributed by atoms with Crippen LogP contribution < -0.4 is 15.0 Å². The van der Waals surface area contributed by atoms with Gasteiger partial charge in [0.05, 0.1) is 5.69 Å². The molecular weight excluding hydrogens is 338 g/mol. The summed E-state index contributed by atoms with van der Waals surface area (Å²) < 4.78 is 12.8. The molecule has 27 heavy (non-hydrogen) atoms. The van der Waals surface area contributed by atoms with Gasteiger partial charge in [-0.05, 0) is 40.3 Å². The van der Waals surface area contributed by atoms with Crippen molar-refractivity contribution in [1.82, 2.24) is 4.57 Å². The fourth-order valence-corrected chi connectivity index (χ4v) is 3.22. The van der Waals surface area contributed by atoms with Gasteiger partial charge in [-0.15, -0.1) is 0 Å². The summed E-state index contributed by atoms with van der Waals surface area (Å²) in [6.45, 7) is 7.65. The van der Waals surface area contributed by atoms with Crippen molar-refractivity contribution >= 4 is 0 Å². The van der Waals surface area contributed by atoms with E-state index in [0.717, 1.165) is 16.8 Å². The van der Waals surface area contributed by atoms with Gasteiger partial charge >= 0.3 is 0 Å². The van der Waals surface area contributed by atoms with Gasteiger partial charge in [-0.3, -0.25) is 9.36 Å². The average Bonchev–Trinajstić information content (AvgIpc) is 2.67. The summed E-state index contributed by atoms with van der Waals surface area (Å²) in [7, 11) is 0. The molecule has 0 N–H and O–H groups in total. The highest BCUT2D eigenvalue weighted by molar-refractivity contribution is 5.63. The SMILES string of the molecule is CC(C)(C)c1ccc(-c2ccn(-c3ccc4c(c3)OCCO4)c(=O)c2)cc1. The summed E-state index contributed by atoms with van der Waals surface area (Å²) in [4.78, 5) is 12.7. The van der Waals surface area contributed by atoms with Gasteiger partial charge in [-0.1, -0.05) is 45.0 Å². The van der Waals surface area contributed by atoms with Gasteiger partial charge in [-0.25, -0.2) is 0 Å². The van der Waals surface area contributed by atoms with Crippen molar-refractivity contribution in [3.63, 3.8) is 0 Å². The van der Waals surface area contributed by atoms with Crippen LogP contribution in [0.1, 0.15) is 26.3 Å². The van der Waals surface area contributed by atoms with E-state index < -0.39 is 0 Å². The Kier molecular flexibility index (Phi) is 4.27. The minimum absolute atomic E-state index is 0.0796. The molecule has 1 aromatic heterocycles. The fourth-order valence-electron chi connectivity index (χ4n) is 3.22. The zero-order valence-corrected chi connectivity index (χ0v) is 15.9. The lowest BCUT2D eigenvalue weighted by atomic mass is 9.86. The first-order chi connectivity index (χ1) is 12.9. The molecule has 0 bridgehead atoms. The lowest BCUT2D eigenvalue weighted by molar-refractivity contribution is 0.171. The van der Waals surface area contributed by atoms with E-state index in [4.69, 9.17) is 9.47 Å². The number of aromatic nitrogens is 1. The lowest BCUT2D eigenvalue weighted by Crippen LogP contribution is -2.18. The van der Waals surface area contributed by atoms with Gasteiger partial charge < -0.3 is 9.47 Å². The van der Waals surface area contributed by atoms with Gasteiger partial charge in [0.1, 0.15) is 13.2 Å². The Labute approximate surface area is 159 Å². The van der Waals surface area contributed by atoms with Crippen LogP contribution in [0.4, 0.5) is 0 Å². The first-order valence-electron chi connectivity index (χ1n) is 9.15. The van der Waals surface area contributed by atoms with E-state index in [1.807, 2.05) is 24.3 Å². The van der Waals surface area contributed by atoms with Crippen LogP contribution in [0.2, 0.25) is 0 Å². The monoisotopic (exact) mass is 361 g/mol. The molecule has 0 spiro atoms. The van der Waals surface area contributed by atoms with Gasteiger partial charge in [0.15, 0.2) is 11.5 Å². The third-order valence-corrected chi connectivity index (χ3v) is 4.81. The van der Waals surface area contributed by atoms with Crippen molar-refractivity contribution in [3.8, 4) is 28.3 Å². The van der Waals surface area contributed by atoms with E-state index >= 15 is 0 Å². The molecule has 0 amide bonds. The molecule has 0 fully saturated rings. The zero-order valence-electron chi connectivity index (χ0n) is 15.9. The second-order valence-corrected chi connectivity index (χ2v) is 7.78. The Balaban J connectivity index is 1.66. The fraction of sp³-hybridized carbons (Fsp3) is 0.261. The summed E-state index contributed by atoms with van der Waals surface area (Å²) in [6, 6.07) is 17.6. The highest BCUT2D eigenvalue weighted by Crippen LogP contribution is 2.32. The summed E-state index contributed by atoms with van der Waals surface area (Å²) in [5.74, 6) is 1.39. The topological polar surface area (TPSA) is 40.5 Å². The van der Waals surface area contributed by atoms with Crippen LogP contribution in [-0.4, -0.2) is 17.8 Å². The molecule has 4 heteroatoms. The van der Waals surface area contributed by atoms with Crippen LogP contribution in [0, 0.1) is 0 Å². The number of hydrogen-bond acceptors (Lipinski definition) is 3. The van der Waals surface area contributed by atoms with Crippen LogP contribution >= 0.6 is 0 Å². The van der Waals surface area contributed by atoms with Crippen LogP contribution in [0.25, 0.3) is 16.8 Å². The van der Waals surface area contributed by atoms with E-state index in [-0.39, 0.29) is 11.0 Å². The van der Waals surface area contributed by atoms with E-state index in [9.17, 15) is 4.79 Å². The molecular formula is C23H23NO3. The number of rotatable bonds is 2. The Bertz CT molecular complexity index is 1030. The zero-order chi connectivity index (χ0) is 19.0. The standard InChI is InChI=1S/C23H23NO3/c1-23(2,3)18-6-4-16(5-7-18)17-10-11-24(22(25)14-17)19-8-9-20-21(15-19)27-13-12-26-20/h4-11,14-15H,12-13H2,1-3H3. The molecule has 2 heterocycles. The minimum atomic E-state index is -0.0796. The summed E-state index contributed by atoms with van der Waals surface area (Å²) in [5.41, 5.74) is 4.02. The van der Waals surface area contributed by atoms with E-state index in [1.165, 1.54) is 5.56 Å². The maximum atomic E-state index is 12.7. The Morgan fingerprint density at radius 2 is 1.52 bits per heavy atom. The summed E-state index contributed by atoms with van der Waals surface area (Å²) >= 11 is 0. The summed E-state index contributed by atoms with van der Waals surface area (Å²) in [6.07, 6.45) is 1.81. The molecule has 4 rings (SSSR count). The molecule has 0 saturated carbocycles. The maximum absolute atomic E-state index is 12.7. The van der Waals surface area contributed by atoms with Crippen molar-refractivity contribution in [1.29, 1.82) is 0 Å². The van der Waals surface area contributed by atoms with Crippen LogP contribution in [0.3, 0.4) is 0 Å². The highest BCUT2D eigenvalue weighted by atomic mass is 16.6. The molecule has 0 aliphatic carbocycles. The van der Waals surface area contributed by atoms with Crippen molar-refractivity contribution < 1.29 is 9.47 Å². The number of hydrogen-bond donors (Lipinski definition) is 0. The third-order valence-electron chi connectivity index (χ3n) is 4.81. The first kappa shape index (κ1) is 17.4. The van der Waals surface area contributed by atoms with Crippen LogP contribution in [0.15, 0.2) is 65.6 Å². The summed E-state index contributed by atoms with van der Waals surface area (Å²) in [5, 5.41) is 0. The Hall–Kier alpha value is -3.01. The first-order valence-corrected chi connectivity index (χ1v) is 9.15. The number of pyridine rings is 1. The number of ether oxygens (including phenoxy) is 2. The smallest absolute Gasteiger partial charge is 0.255 e. The highest BCUT2D eigenvalue weighted by Gasteiger charge is 2.14. The molecule has 0 unspecified atom stereocenters. The minimum Gasteiger partial charge on any atom is -0.486 e. The lowest BCUT2D eigenvalue weighted by Gasteiger charge is -2.19. The molecule has 4 nitrogen and oxygen atoms in total. The second kappa shape index (κ2) is 6.62. The van der Waals surface area contributed by atoms with E-state index in [2.05, 4.69) is 45.0 Å². The predicted octanol–water partition coefficient (Wildman–Crippen LogP) is 4.57. The number of nitrogens with zero attached hydrogens (tertiary/aromatic N) is 1. The molecule has 138 valence electrons. The Morgan fingerprint density at radius 1 is 0.815 bits per heavy atom. The third kappa shape index (κ3) is 3.47. The molecule has 0 atom stereocenters. The van der Waals surface area contributed by atoms with Gasteiger partial charge in [0, 0.05) is 18.3 Å². The average molecular weight is 361 g/mol. The van der Waals surface area contributed by atoms with Crippen LogP contribution in [-0.2, 0) is 5.41 Å². The molecule has 0 saturated heterocycles. The number of fused-ring (bicyclic) bond motifs is 1. The second-order valence-electron chi connectivity index (χ2n) is 7.78. The predicted molar refractivity (Wildman–Crippen MR) is 107 cm³/mol. The molecule has 1 aliphatic heterocycles. The van der Waals surface area contributed by atoms with Gasteiger partial charge in [0.25, 0.3) is 5.56 Å². The molecule has 1 aliphatic rings. The van der Waals surface area contributed by atoms with Crippen LogP contribution in [0.5, 0.6) is 11.5 Å². The van der Waals surface area contributed by atoms with Gasteiger partial charge in [0.2, 0.25) is 0 Å². The van der Waals surface area contributed by atoms with Gasteiger partial charge in [-0.2, -0.15) is 0 Å². The van der Waals surface area contributed by atoms with Crippen molar-refractivity contribution in [3.05, 3.63) is 76.7 Å². The quantitative estimate of drug-likeness (QED) is 0.671. The van der Waals surface area contributed by atoms with Crippen molar-refractivity contribution in [2.75, 3.05) is 13.2 Å². The van der Waals surface area contributed by atoms with E-state index in [1.54, 1.807) is 16.8 Å². The maximum Gasteiger partial charge on any atom is 0.255 e. The Morgan fingerprint density at radius 3 is 2.19 bits per heavy atom. The molecule has 2 aromatic carbocycles. The van der Waals surface area contributed by atoms with Crippen molar-refractivity contribution in [2.45, 2.75) is 26.2 Å². The number of benzene rings is 2. The molecule has 0 radical (unpaired) electrons.